The highest BCUT2D eigenvalue weighted by Crippen LogP contribution is 2.17. The van der Waals surface area contributed by atoms with Crippen LogP contribution in [0.4, 0.5) is 0 Å². The van der Waals surface area contributed by atoms with Gasteiger partial charge in [-0.1, -0.05) is 0 Å². The molecule has 2 rings (SSSR count). The molecule has 2 aromatic heterocycles. The van der Waals surface area contributed by atoms with E-state index in [1.165, 1.54) is 0 Å². The van der Waals surface area contributed by atoms with Crippen LogP contribution in [0, 0.1) is 13.8 Å². The fourth-order valence-corrected chi connectivity index (χ4v) is 2.61. The molecule has 0 fully saturated rings. The van der Waals surface area contributed by atoms with E-state index in [9.17, 15) is 4.79 Å². The molecule has 2 heterocycles. The molecule has 1 amide bonds. The number of nitrogens with two attached hydrogens (primary N) is 1. The number of amides is 1. The van der Waals surface area contributed by atoms with Crippen LogP contribution < -0.4 is 11.3 Å². The molecule has 0 radical (unpaired) electrons. The standard InChI is InChI=1S/C13H18N4O2S/c1-8-12(13(18)16-14)4-11(19-8)6-17(3)5-10-7-20-9(2)15-10/h4,7H,5-6,14H2,1-3H3,(H,16,18). The van der Waals surface area contributed by atoms with Gasteiger partial charge in [0.2, 0.25) is 0 Å². The van der Waals surface area contributed by atoms with Crippen LogP contribution >= 0.6 is 11.3 Å². The molecule has 0 atom stereocenters. The number of thiazole rings is 1. The minimum atomic E-state index is -0.338. The van der Waals surface area contributed by atoms with Crippen molar-refractivity contribution in [3.8, 4) is 0 Å². The van der Waals surface area contributed by atoms with E-state index in [-0.39, 0.29) is 5.91 Å². The summed E-state index contributed by atoms with van der Waals surface area (Å²) in [7, 11) is 1.98. The van der Waals surface area contributed by atoms with E-state index in [0.29, 0.717) is 17.9 Å². The topological polar surface area (TPSA) is 84.4 Å². The molecular weight excluding hydrogens is 276 g/mol. The number of nitrogen functional groups attached to an aromatic ring is 1. The number of nitrogens with zero attached hydrogens (tertiary/aromatic N) is 2. The number of aromatic nitrogens is 1. The van der Waals surface area contributed by atoms with Crippen molar-refractivity contribution in [3.05, 3.63) is 39.2 Å². The Morgan fingerprint density at radius 1 is 1.50 bits per heavy atom. The predicted octanol–water partition coefficient (Wildman–Crippen LogP) is 1.59. The number of hydrazine groups is 1. The van der Waals surface area contributed by atoms with Crippen LogP contribution in [-0.2, 0) is 13.1 Å². The highest BCUT2D eigenvalue weighted by Gasteiger charge is 2.15. The van der Waals surface area contributed by atoms with Gasteiger partial charge in [0.05, 0.1) is 22.8 Å². The van der Waals surface area contributed by atoms with Gasteiger partial charge >= 0.3 is 0 Å². The van der Waals surface area contributed by atoms with Crippen molar-refractivity contribution in [3.63, 3.8) is 0 Å². The molecule has 0 spiro atoms. The zero-order chi connectivity index (χ0) is 14.7. The van der Waals surface area contributed by atoms with Gasteiger partial charge in [-0.15, -0.1) is 11.3 Å². The first-order valence-electron chi connectivity index (χ1n) is 6.19. The van der Waals surface area contributed by atoms with Gasteiger partial charge in [-0.3, -0.25) is 15.1 Å². The first-order chi connectivity index (χ1) is 9.49. The lowest BCUT2D eigenvalue weighted by molar-refractivity contribution is 0.0952. The lowest BCUT2D eigenvalue weighted by Gasteiger charge is -2.13. The second kappa shape index (κ2) is 6.17. The van der Waals surface area contributed by atoms with Gasteiger partial charge in [0.1, 0.15) is 11.5 Å². The Morgan fingerprint density at radius 3 is 2.85 bits per heavy atom. The van der Waals surface area contributed by atoms with E-state index in [1.807, 2.05) is 19.4 Å². The van der Waals surface area contributed by atoms with E-state index in [1.54, 1.807) is 24.3 Å². The Balaban J connectivity index is 2.01. The van der Waals surface area contributed by atoms with Gasteiger partial charge in [0.15, 0.2) is 0 Å². The van der Waals surface area contributed by atoms with E-state index >= 15 is 0 Å². The maximum Gasteiger partial charge on any atom is 0.268 e. The third-order valence-corrected chi connectivity index (χ3v) is 3.69. The third-order valence-electron chi connectivity index (χ3n) is 2.87. The molecule has 6 nitrogen and oxygen atoms in total. The van der Waals surface area contributed by atoms with Gasteiger partial charge in [0.25, 0.3) is 5.91 Å². The summed E-state index contributed by atoms with van der Waals surface area (Å²) in [6.07, 6.45) is 0. The summed E-state index contributed by atoms with van der Waals surface area (Å²) in [6.45, 7) is 5.08. The molecule has 20 heavy (non-hydrogen) atoms. The monoisotopic (exact) mass is 294 g/mol. The van der Waals surface area contributed by atoms with Crippen LogP contribution in [0.3, 0.4) is 0 Å². The second-order valence-corrected chi connectivity index (χ2v) is 5.75. The number of carbonyl (C=O) groups is 1. The molecule has 3 N–H and O–H groups in total. The third kappa shape index (κ3) is 3.44. The van der Waals surface area contributed by atoms with Crippen molar-refractivity contribution in [2.45, 2.75) is 26.9 Å². The lowest BCUT2D eigenvalue weighted by atomic mass is 10.2. The largest absolute Gasteiger partial charge is 0.464 e. The second-order valence-electron chi connectivity index (χ2n) is 4.69. The van der Waals surface area contributed by atoms with Crippen molar-refractivity contribution in [2.24, 2.45) is 5.84 Å². The fourth-order valence-electron chi connectivity index (χ4n) is 2.00. The predicted molar refractivity (Wildman–Crippen MR) is 77.1 cm³/mol. The molecule has 0 aliphatic carbocycles. The summed E-state index contributed by atoms with van der Waals surface area (Å²) in [6, 6.07) is 1.72. The van der Waals surface area contributed by atoms with Crippen LogP contribution in [0.5, 0.6) is 0 Å². The number of aryl methyl sites for hydroxylation is 2. The Bertz CT molecular complexity index is 605. The van der Waals surface area contributed by atoms with Crippen molar-refractivity contribution in [1.29, 1.82) is 0 Å². The lowest BCUT2D eigenvalue weighted by Crippen LogP contribution is -2.30. The van der Waals surface area contributed by atoms with Gasteiger partial charge in [0, 0.05) is 11.9 Å². The molecule has 0 aliphatic heterocycles. The minimum Gasteiger partial charge on any atom is -0.464 e. The zero-order valence-corrected chi connectivity index (χ0v) is 12.6. The van der Waals surface area contributed by atoms with Gasteiger partial charge in [-0.2, -0.15) is 0 Å². The van der Waals surface area contributed by atoms with Crippen molar-refractivity contribution in [1.82, 2.24) is 15.3 Å². The summed E-state index contributed by atoms with van der Waals surface area (Å²) < 4.78 is 5.58. The van der Waals surface area contributed by atoms with Gasteiger partial charge < -0.3 is 4.42 Å². The normalized spacial score (nSPS) is 11.1. The Labute approximate surface area is 121 Å². The molecule has 108 valence electrons. The minimum absolute atomic E-state index is 0.338. The zero-order valence-electron chi connectivity index (χ0n) is 11.8. The smallest absolute Gasteiger partial charge is 0.268 e. The van der Waals surface area contributed by atoms with Crippen molar-refractivity contribution in [2.75, 3.05) is 7.05 Å². The molecule has 0 aromatic carbocycles. The number of rotatable bonds is 5. The highest BCUT2D eigenvalue weighted by molar-refractivity contribution is 7.09. The molecule has 0 aliphatic rings. The molecule has 0 saturated heterocycles. The van der Waals surface area contributed by atoms with E-state index < -0.39 is 0 Å². The molecular formula is C13H18N4O2S. The van der Waals surface area contributed by atoms with Crippen LogP contribution in [0.2, 0.25) is 0 Å². The quantitative estimate of drug-likeness (QED) is 0.497. The summed E-state index contributed by atoms with van der Waals surface area (Å²) in [4.78, 5) is 18.0. The van der Waals surface area contributed by atoms with Crippen LogP contribution in [-0.4, -0.2) is 22.8 Å². The van der Waals surface area contributed by atoms with Crippen molar-refractivity contribution >= 4 is 17.2 Å². The van der Waals surface area contributed by atoms with Crippen LogP contribution in [0.1, 0.15) is 32.6 Å². The van der Waals surface area contributed by atoms with Crippen LogP contribution in [0.25, 0.3) is 0 Å². The average molecular weight is 294 g/mol. The maximum absolute atomic E-state index is 11.5. The fraction of sp³-hybridized carbons (Fsp3) is 0.385. The summed E-state index contributed by atoms with van der Waals surface area (Å²) in [5.74, 6) is 6.09. The first kappa shape index (κ1) is 14.7. The Kier molecular flexibility index (Phi) is 4.53. The molecule has 0 bridgehead atoms. The molecule has 7 heteroatoms. The van der Waals surface area contributed by atoms with E-state index in [4.69, 9.17) is 10.3 Å². The summed E-state index contributed by atoms with van der Waals surface area (Å²) >= 11 is 1.64. The SMILES string of the molecule is Cc1nc(CN(C)Cc2cc(C(=O)NN)c(C)o2)cs1. The van der Waals surface area contributed by atoms with Crippen molar-refractivity contribution < 1.29 is 9.21 Å². The van der Waals surface area contributed by atoms with Crippen LogP contribution in [0.15, 0.2) is 15.9 Å². The number of carbonyl (C=O) groups excluding carboxylic acids is 1. The first-order valence-corrected chi connectivity index (χ1v) is 7.07. The summed E-state index contributed by atoms with van der Waals surface area (Å²) in [5.41, 5.74) is 3.62. The Hall–Kier alpha value is -1.70. The number of hydrogen-bond acceptors (Lipinski definition) is 6. The number of hydrogen-bond donors (Lipinski definition) is 2. The molecule has 0 unspecified atom stereocenters. The number of nitrogens with one attached hydrogen (secondary N) is 1. The summed E-state index contributed by atoms with van der Waals surface area (Å²) in [5, 5.41) is 3.11. The average Bonchev–Trinajstić information content (AvgIpc) is 2.94. The van der Waals surface area contributed by atoms with E-state index in [0.717, 1.165) is 23.0 Å². The molecule has 0 saturated carbocycles. The van der Waals surface area contributed by atoms with E-state index in [2.05, 4.69) is 15.3 Å². The number of furan rings is 1. The highest BCUT2D eigenvalue weighted by atomic mass is 32.1. The Morgan fingerprint density at radius 2 is 2.25 bits per heavy atom. The van der Waals surface area contributed by atoms with Gasteiger partial charge in [-0.05, 0) is 27.0 Å². The maximum atomic E-state index is 11.5. The van der Waals surface area contributed by atoms with Gasteiger partial charge in [-0.25, -0.2) is 10.8 Å². The molecule has 2 aromatic rings.